The third-order valence-corrected chi connectivity index (χ3v) is 9.62. The van der Waals surface area contributed by atoms with Crippen LogP contribution in [0.5, 0.6) is 0 Å². The van der Waals surface area contributed by atoms with E-state index in [1.807, 2.05) is 12.1 Å². The number of pyridine rings is 1. The van der Waals surface area contributed by atoms with Crippen LogP contribution in [-0.4, -0.2) is 58.9 Å². The molecule has 222 valence electrons. The largest absolute Gasteiger partial charge is 0.462 e. The van der Waals surface area contributed by atoms with Gasteiger partial charge in [0.1, 0.15) is 0 Å². The van der Waals surface area contributed by atoms with Crippen molar-refractivity contribution in [2.45, 2.75) is 84.0 Å². The second-order valence-electron chi connectivity index (χ2n) is 12.2. The maximum Gasteiger partial charge on any atom is 0.417 e. The first-order valence-corrected chi connectivity index (χ1v) is 14.9. The molecule has 2 aliphatic heterocycles. The van der Waals surface area contributed by atoms with E-state index >= 15 is 0 Å². The molecular weight excluding hydrogens is 531 g/mol. The van der Waals surface area contributed by atoms with Gasteiger partial charge in [0.15, 0.2) is 0 Å². The number of hydrogen-bond acceptors (Lipinski definition) is 5. The van der Waals surface area contributed by atoms with E-state index in [0.717, 1.165) is 57.5 Å². The van der Waals surface area contributed by atoms with E-state index in [-0.39, 0.29) is 24.3 Å². The molecule has 2 atom stereocenters. The summed E-state index contributed by atoms with van der Waals surface area (Å²) in [6.45, 7) is 8.89. The Morgan fingerprint density at radius 1 is 1.12 bits per heavy atom. The fraction of sp³-hybridized carbons (Fsp3) is 0.594. The first-order chi connectivity index (χ1) is 19.5. The van der Waals surface area contributed by atoms with Gasteiger partial charge in [0.25, 0.3) is 0 Å². The van der Waals surface area contributed by atoms with E-state index in [4.69, 9.17) is 4.74 Å². The number of rotatable bonds is 6. The van der Waals surface area contributed by atoms with Crippen LogP contribution in [0.4, 0.5) is 13.2 Å². The van der Waals surface area contributed by atoms with Crippen LogP contribution in [0.2, 0.25) is 0 Å². The highest BCUT2D eigenvalue weighted by atomic mass is 19.4. The van der Waals surface area contributed by atoms with Crippen molar-refractivity contribution in [1.29, 1.82) is 0 Å². The number of ether oxygens (including phenoxy) is 1. The van der Waals surface area contributed by atoms with Crippen LogP contribution in [0.1, 0.15) is 91.5 Å². The Labute approximate surface area is 240 Å². The van der Waals surface area contributed by atoms with E-state index in [1.165, 1.54) is 5.56 Å². The van der Waals surface area contributed by atoms with Crippen molar-refractivity contribution >= 4 is 11.9 Å². The molecule has 2 fully saturated rings. The number of likely N-dealkylation sites (tertiary alicyclic amines) is 1. The van der Waals surface area contributed by atoms with Gasteiger partial charge in [0, 0.05) is 37.4 Å². The number of piperidine rings is 1. The molecule has 3 aliphatic rings. The lowest BCUT2D eigenvalue weighted by atomic mass is 9.73. The molecule has 2 aromatic rings. The molecule has 1 aromatic carbocycles. The fourth-order valence-corrected chi connectivity index (χ4v) is 7.13. The quantitative estimate of drug-likeness (QED) is 0.385. The van der Waals surface area contributed by atoms with Crippen molar-refractivity contribution in [3.8, 4) is 0 Å². The second-order valence-corrected chi connectivity index (χ2v) is 12.2. The molecule has 9 heteroatoms. The van der Waals surface area contributed by atoms with Gasteiger partial charge in [-0.2, -0.15) is 13.2 Å². The summed E-state index contributed by atoms with van der Waals surface area (Å²) >= 11 is 0. The van der Waals surface area contributed by atoms with Gasteiger partial charge in [-0.3, -0.25) is 9.78 Å². The van der Waals surface area contributed by atoms with E-state index in [9.17, 15) is 22.8 Å². The number of carbonyl (C=O) groups is 2. The van der Waals surface area contributed by atoms with E-state index < -0.39 is 17.2 Å². The number of esters is 1. The highest BCUT2D eigenvalue weighted by Crippen LogP contribution is 2.48. The van der Waals surface area contributed by atoms with Gasteiger partial charge in [0.2, 0.25) is 5.91 Å². The number of carbonyl (C=O) groups excluding carboxylic acids is 2. The maximum atomic E-state index is 14.1. The second kappa shape index (κ2) is 11.7. The Kier molecular flexibility index (Phi) is 8.46. The zero-order valence-electron chi connectivity index (χ0n) is 24.2. The topological polar surface area (TPSA) is 62.7 Å². The van der Waals surface area contributed by atoms with Crippen molar-refractivity contribution in [2.24, 2.45) is 11.3 Å². The van der Waals surface area contributed by atoms with Gasteiger partial charge in [-0.1, -0.05) is 26.0 Å². The first-order valence-electron chi connectivity index (χ1n) is 14.9. The van der Waals surface area contributed by atoms with Crippen molar-refractivity contribution in [3.63, 3.8) is 0 Å². The SMILES string of the molecule is CCOC(=O)c1cccc(C2CCN(C3CC[C@@](C(=O)N4CCc5ncc(C(F)(F)F)cc5C4)(C(C)C)C3)CC2)c1. The lowest BCUT2D eigenvalue weighted by Gasteiger charge is -2.41. The minimum absolute atomic E-state index is 0.0729. The average Bonchev–Trinajstić information content (AvgIpc) is 3.43. The minimum Gasteiger partial charge on any atom is -0.462 e. The minimum atomic E-state index is -4.46. The number of alkyl halides is 3. The van der Waals surface area contributed by atoms with Crippen molar-refractivity contribution in [3.05, 3.63) is 64.5 Å². The van der Waals surface area contributed by atoms with Crippen LogP contribution < -0.4 is 0 Å². The van der Waals surface area contributed by atoms with Crippen LogP contribution in [0.3, 0.4) is 0 Å². The predicted octanol–water partition coefficient (Wildman–Crippen LogP) is 6.24. The van der Waals surface area contributed by atoms with Crippen LogP contribution in [0.15, 0.2) is 36.5 Å². The first kappa shape index (κ1) is 29.5. The normalized spacial score (nSPS) is 24.0. The van der Waals surface area contributed by atoms with Gasteiger partial charge < -0.3 is 14.5 Å². The molecule has 0 N–H and O–H groups in total. The molecule has 5 rings (SSSR count). The van der Waals surface area contributed by atoms with Gasteiger partial charge in [-0.15, -0.1) is 0 Å². The van der Waals surface area contributed by atoms with Crippen molar-refractivity contribution in [1.82, 2.24) is 14.8 Å². The number of aromatic nitrogens is 1. The smallest absolute Gasteiger partial charge is 0.417 e. The summed E-state index contributed by atoms with van der Waals surface area (Å²) in [5.41, 5.74) is 1.64. The summed E-state index contributed by atoms with van der Waals surface area (Å²) in [4.78, 5) is 34.6. The summed E-state index contributed by atoms with van der Waals surface area (Å²) in [5, 5.41) is 0. The van der Waals surface area contributed by atoms with Crippen LogP contribution in [0.25, 0.3) is 0 Å². The summed E-state index contributed by atoms with van der Waals surface area (Å²) in [7, 11) is 0. The van der Waals surface area contributed by atoms with Crippen molar-refractivity contribution in [2.75, 3.05) is 26.2 Å². The van der Waals surface area contributed by atoms with Crippen LogP contribution in [-0.2, 0) is 28.7 Å². The molecule has 0 bridgehead atoms. The fourth-order valence-electron chi connectivity index (χ4n) is 7.13. The Morgan fingerprint density at radius 3 is 2.56 bits per heavy atom. The Bertz CT molecular complexity index is 1270. The third-order valence-electron chi connectivity index (χ3n) is 9.62. The molecule has 0 radical (unpaired) electrons. The zero-order valence-corrected chi connectivity index (χ0v) is 24.2. The molecular formula is C32H40F3N3O3. The summed E-state index contributed by atoms with van der Waals surface area (Å²) < 4.78 is 45.1. The molecule has 1 saturated carbocycles. The number of hydrogen-bond donors (Lipinski definition) is 0. The summed E-state index contributed by atoms with van der Waals surface area (Å²) in [5.74, 6) is 0.289. The van der Waals surface area contributed by atoms with E-state index in [2.05, 4.69) is 29.8 Å². The van der Waals surface area contributed by atoms with Gasteiger partial charge >= 0.3 is 12.1 Å². The van der Waals surface area contributed by atoms with Crippen LogP contribution in [0, 0.1) is 11.3 Å². The number of fused-ring (bicyclic) bond motifs is 1. The molecule has 0 spiro atoms. The Morgan fingerprint density at radius 2 is 1.88 bits per heavy atom. The number of nitrogens with zero attached hydrogens (tertiary/aromatic N) is 3. The lowest BCUT2D eigenvalue weighted by molar-refractivity contribution is -0.146. The maximum absolute atomic E-state index is 14.1. The molecule has 1 aliphatic carbocycles. The Balaban J connectivity index is 1.23. The molecule has 1 aromatic heterocycles. The van der Waals surface area contributed by atoms with Gasteiger partial charge in [0.05, 0.1) is 23.1 Å². The van der Waals surface area contributed by atoms with Crippen LogP contribution >= 0.6 is 0 Å². The molecule has 1 saturated heterocycles. The van der Waals surface area contributed by atoms with E-state index in [0.29, 0.717) is 48.4 Å². The molecule has 3 heterocycles. The van der Waals surface area contributed by atoms with Gasteiger partial charge in [-0.25, -0.2) is 4.79 Å². The number of halogens is 3. The molecule has 1 unspecified atom stereocenters. The average molecular weight is 572 g/mol. The molecule has 41 heavy (non-hydrogen) atoms. The van der Waals surface area contributed by atoms with Gasteiger partial charge in [-0.05, 0) is 93.3 Å². The summed E-state index contributed by atoms with van der Waals surface area (Å²) in [6.07, 6.45) is 1.40. The third kappa shape index (κ3) is 6.01. The van der Waals surface area contributed by atoms with Crippen molar-refractivity contribution < 1.29 is 27.5 Å². The zero-order chi connectivity index (χ0) is 29.4. The number of amides is 1. The molecule has 1 amide bonds. The lowest BCUT2D eigenvalue weighted by Crippen LogP contribution is -2.49. The summed E-state index contributed by atoms with van der Waals surface area (Å²) in [6, 6.07) is 9.24. The predicted molar refractivity (Wildman–Crippen MR) is 149 cm³/mol. The Hall–Kier alpha value is -2.94. The monoisotopic (exact) mass is 571 g/mol. The number of benzene rings is 1. The van der Waals surface area contributed by atoms with E-state index in [1.54, 1.807) is 17.9 Å². The highest BCUT2D eigenvalue weighted by Gasteiger charge is 2.51. The highest BCUT2D eigenvalue weighted by molar-refractivity contribution is 5.89. The standard InChI is InChI=1S/C32H40F3N3O3/c1-4-41-29(39)24-7-5-6-23(16-24)22-9-13-37(14-10-22)27-8-12-31(18-27,21(2)3)30(40)38-15-11-28-25(20-38)17-26(19-36-28)32(33,34)35/h5-7,16-17,19,21-22,27H,4,8-15,18,20H2,1-3H3/t27?,31-/m0/s1. The molecule has 6 nitrogen and oxygen atoms in total.